The minimum absolute atomic E-state index is 0.268. The van der Waals surface area contributed by atoms with Gasteiger partial charge in [0, 0.05) is 5.02 Å². The molecule has 1 atom stereocenters. The number of hydrogen-bond donors (Lipinski definition) is 0. The molecule has 0 heterocycles. The Hall–Kier alpha value is -2.04. The van der Waals surface area contributed by atoms with Crippen molar-refractivity contribution in [3.05, 3.63) is 76.3 Å². The van der Waals surface area contributed by atoms with Crippen molar-refractivity contribution < 1.29 is 0 Å². The predicted octanol–water partition coefficient (Wildman–Crippen LogP) is 5.03. The zero-order valence-corrected chi connectivity index (χ0v) is 11.4. The predicted molar refractivity (Wildman–Crippen MR) is 80.1 cm³/mol. The maximum atomic E-state index is 8.90. The second-order valence-electron chi connectivity index (χ2n) is 4.44. The second kappa shape index (κ2) is 6.22. The molecular weight excluding hydrogens is 254 g/mol. The highest BCUT2D eigenvalue weighted by Gasteiger charge is 2.02. The summed E-state index contributed by atoms with van der Waals surface area (Å²) in [5.74, 6) is 0.268. The van der Waals surface area contributed by atoms with Crippen LogP contribution in [0.15, 0.2) is 54.6 Å². The van der Waals surface area contributed by atoms with Gasteiger partial charge in [-0.15, -0.1) is 0 Å². The monoisotopic (exact) mass is 267 g/mol. The average molecular weight is 268 g/mol. The third-order valence-electron chi connectivity index (χ3n) is 2.99. The highest BCUT2D eigenvalue weighted by molar-refractivity contribution is 6.30. The van der Waals surface area contributed by atoms with E-state index < -0.39 is 0 Å². The molecule has 0 saturated heterocycles. The van der Waals surface area contributed by atoms with Crippen LogP contribution in [0.2, 0.25) is 5.02 Å². The van der Waals surface area contributed by atoms with E-state index in [0.29, 0.717) is 5.56 Å². The second-order valence-corrected chi connectivity index (χ2v) is 4.87. The van der Waals surface area contributed by atoms with Gasteiger partial charge in [0.2, 0.25) is 0 Å². The SMILES string of the molecule is C[C@@H](/C=C/c1ccc(Cl)cc1)c1cccc(C#N)c1. The third-order valence-corrected chi connectivity index (χ3v) is 3.24. The summed E-state index contributed by atoms with van der Waals surface area (Å²) in [6.07, 6.45) is 4.19. The highest BCUT2D eigenvalue weighted by atomic mass is 35.5. The van der Waals surface area contributed by atoms with Gasteiger partial charge in [0.25, 0.3) is 0 Å². The summed E-state index contributed by atoms with van der Waals surface area (Å²) in [7, 11) is 0. The Labute approximate surface area is 118 Å². The number of nitrogens with zero attached hydrogens (tertiary/aromatic N) is 1. The molecule has 0 amide bonds. The van der Waals surface area contributed by atoms with Gasteiger partial charge in [-0.25, -0.2) is 0 Å². The van der Waals surface area contributed by atoms with E-state index in [1.807, 2.05) is 48.5 Å². The summed E-state index contributed by atoms with van der Waals surface area (Å²) in [4.78, 5) is 0. The van der Waals surface area contributed by atoms with Crippen LogP contribution < -0.4 is 0 Å². The lowest BCUT2D eigenvalue weighted by Crippen LogP contribution is -1.89. The summed E-state index contributed by atoms with van der Waals surface area (Å²) in [6, 6.07) is 17.6. The van der Waals surface area contributed by atoms with Crippen molar-refractivity contribution in [2.45, 2.75) is 12.8 Å². The van der Waals surface area contributed by atoms with Crippen LogP contribution in [0.25, 0.3) is 6.08 Å². The van der Waals surface area contributed by atoms with Crippen LogP contribution >= 0.6 is 11.6 Å². The molecule has 0 aromatic heterocycles. The third kappa shape index (κ3) is 3.71. The first kappa shape index (κ1) is 13.4. The van der Waals surface area contributed by atoms with Crippen LogP contribution in [-0.4, -0.2) is 0 Å². The van der Waals surface area contributed by atoms with E-state index in [1.54, 1.807) is 0 Å². The van der Waals surface area contributed by atoms with Crippen molar-refractivity contribution in [1.82, 2.24) is 0 Å². The molecule has 1 nitrogen and oxygen atoms in total. The van der Waals surface area contributed by atoms with Crippen molar-refractivity contribution in [1.29, 1.82) is 5.26 Å². The Morgan fingerprint density at radius 1 is 1.16 bits per heavy atom. The lowest BCUT2D eigenvalue weighted by atomic mass is 9.98. The Balaban J connectivity index is 2.14. The first-order valence-electron chi connectivity index (χ1n) is 6.13. The maximum Gasteiger partial charge on any atom is 0.0991 e. The maximum absolute atomic E-state index is 8.90. The topological polar surface area (TPSA) is 23.8 Å². The number of allylic oxidation sites excluding steroid dienone is 1. The fourth-order valence-electron chi connectivity index (χ4n) is 1.83. The summed E-state index contributed by atoms with van der Waals surface area (Å²) in [5, 5.41) is 9.64. The van der Waals surface area contributed by atoms with Gasteiger partial charge in [-0.1, -0.05) is 54.9 Å². The summed E-state index contributed by atoms with van der Waals surface area (Å²) in [5.41, 5.74) is 2.96. The van der Waals surface area contributed by atoms with Crippen LogP contribution in [0.4, 0.5) is 0 Å². The van der Waals surface area contributed by atoms with Gasteiger partial charge >= 0.3 is 0 Å². The van der Waals surface area contributed by atoms with Crippen LogP contribution in [0.3, 0.4) is 0 Å². The molecule has 2 aromatic rings. The summed E-state index contributed by atoms with van der Waals surface area (Å²) >= 11 is 5.85. The van der Waals surface area contributed by atoms with Crippen molar-refractivity contribution >= 4 is 17.7 Å². The van der Waals surface area contributed by atoms with Crippen LogP contribution in [0.5, 0.6) is 0 Å². The zero-order valence-electron chi connectivity index (χ0n) is 10.7. The number of benzene rings is 2. The Kier molecular flexibility index (Phi) is 4.39. The summed E-state index contributed by atoms with van der Waals surface area (Å²) in [6.45, 7) is 2.11. The number of hydrogen-bond acceptors (Lipinski definition) is 1. The van der Waals surface area contributed by atoms with Crippen molar-refractivity contribution in [3.8, 4) is 6.07 Å². The number of halogens is 1. The molecule has 0 bridgehead atoms. The van der Waals surface area contributed by atoms with Crippen molar-refractivity contribution in [2.75, 3.05) is 0 Å². The van der Waals surface area contributed by atoms with E-state index in [-0.39, 0.29) is 5.92 Å². The minimum atomic E-state index is 0.268. The smallest absolute Gasteiger partial charge is 0.0991 e. The fraction of sp³-hybridized carbons (Fsp3) is 0.118. The molecule has 0 N–H and O–H groups in total. The molecule has 0 aliphatic carbocycles. The molecule has 2 rings (SSSR count). The molecule has 0 radical (unpaired) electrons. The quantitative estimate of drug-likeness (QED) is 0.765. The van der Waals surface area contributed by atoms with Gasteiger partial charge in [-0.2, -0.15) is 5.26 Å². The van der Waals surface area contributed by atoms with E-state index >= 15 is 0 Å². The molecular formula is C17H14ClN. The Morgan fingerprint density at radius 2 is 1.89 bits per heavy atom. The van der Waals surface area contributed by atoms with Gasteiger partial charge in [-0.3, -0.25) is 0 Å². The first-order valence-corrected chi connectivity index (χ1v) is 6.50. The molecule has 2 heteroatoms. The number of rotatable bonds is 3. The average Bonchev–Trinajstić information content (AvgIpc) is 2.46. The van der Waals surface area contributed by atoms with E-state index in [0.717, 1.165) is 16.1 Å². The minimum Gasteiger partial charge on any atom is -0.192 e. The molecule has 0 aliphatic rings. The van der Waals surface area contributed by atoms with Gasteiger partial charge in [0.1, 0.15) is 0 Å². The van der Waals surface area contributed by atoms with Crippen molar-refractivity contribution in [3.63, 3.8) is 0 Å². The normalized spacial score (nSPS) is 12.3. The first-order chi connectivity index (χ1) is 9.19. The van der Waals surface area contributed by atoms with Crippen LogP contribution in [-0.2, 0) is 0 Å². The van der Waals surface area contributed by atoms with Gasteiger partial charge in [0.15, 0.2) is 0 Å². The molecule has 94 valence electrons. The van der Waals surface area contributed by atoms with Gasteiger partial charge < -0.3 is 0 Å². The molecule has 0 spiro atoms. The van der Waals surface area contributed by atoms with E-state index in [2.05, 4.69) is 25.1 Å². The standard InChI is InChI=1S/C17H14ClN/c1-13(16-4-2-3-15(11-16)12-19)5-6-14-7-9-17(18)10-8-14/h2-11,13H,1H3/b6-5+/t13-/m0/s1. The highest BCUT2D eigenvalue weighted by Crippen LogP contribution is 2.19. The Morgan fingerprint density at radius 3 is 2.58 bits per heavy atom. The molecule has 2 aromatic carbocycles. The van der Waals surface area contributed by atoms with Gasteiger partial charge in [0.05, 0.1) is 11.6 Å². The molecule has 0 unspecified atom stereocenters. The number of nitriles is 1. The molecule has 0 fully saturated rings. The molecule has 0 aliphatic heterocycles. The van der Waals surface area contributed by atoms with Gasteiger partial charge in [-0.05, 0) is 41.3 Å². The van der Waals surface area contributed by atoms with Crippen LogP contribution in [0.1, 0.15) is 29.5 Å². The van der Waals surface area contributed by atoms with Crippen LogP contribution in [0, 0.1) is 11.3 Å². The lowest BCUT2D eigenvalue weighted by Gasteiger charge is -2.06. The van der Waals surface area contributed by atoms with E-state index in [1.165, 1.54) is 0 Å². The van der Waals surface area contributed by atoms with Crippen molar-refractivity contribution in [2.24, 2.45) is 0 Å². The van der Waals surface area contributed by atoms with E-state index in [9.17, 15) is 0 Å². The fourth-order valence-corrected chi connectivity index (χ4v) is 1.96. The lowest BCUT2D eigenvalue weighted by molar-refractivity contribution is 0.972. The van der Waals surface area contributed by atoms with E-state index in [4.69, 9.17) is 16.9 Å². The molecule has 0 saturated carbocycles. The largest absolute Gasteiger partial charge is 0.192 e. The zero-order chi connectivity index (χ0) is 13.7. The Bertz CT molecular complexity index is 620. The molecule has 19 heavy (non-hydrogen) atoms. The summed E-state index contributed by atoms with van der Waals surface area (Å²) < 4.78 is 0.